The van der Waals surface area contributed by atoms with Crippen molar-refractivity contribution >= 4 is 5.97 Å². The van der Waals surface area contributed by atoms with E-state index in [0.29, 0.717) is 31.0 Å². The van der Waals surface area contributed by atoms with E-state index in [2.05, 4.69) is 15.3 Å². The fourth-order valence-electron chi connectivity index (χ4n) is 2.59. The van der Waals surface area contributed by atoms with Crippen molar-refractivity contribution in [1.82, 2.24) is 15.3 Å². The average Bonchev–Trinajstić information content (AvgIpc) is 3.07. The molecule has 2 aliphatic heterocycles. The van der Waals surface area contributed by atoms with Gasteiger partial charge in [0, 0.05) is 31.7 Å². The van der Waals surface area contributed by atoms with Crippen LogP contribution in [0, 0.1) is 0 Å². The molecule has 1 aromatic heterocycles. The van der Waals surface area contributed by atoms with Crippen LogP contribution in [-0.4, -0.2) is 35.8 Å². The molecule has 0 saturated carbocycles. The number of carbonyl (C=O) groups excluding carboxylic acids is 1. The second-order valence-corrected chi connectivity index (χ2v) is 4.85. The molecule has 3 rings (SSSR count). The predicted octanol–water partition coefficient (Wildman–Crippen LogP) is 0.588. The van der Waals surface area contributed by atoms with Crippen LogP contribution >= 0.6 is 0 Å². The van der Waals surface area contributed by atoms with Crippen LogP contribution in [0.4, 0.5) is 0 Å². The maximum atomic E-state index is 11.8. The molecule has 6 nitrogen and oxygen atoms in total. The Hall–Kier alpha value is -1.53. The van der Waals surface area contributed by atoms with Gasteiger partial charge in [0.25, 0.3) is 0 Å². The Morgan fingerprint density at radius 1 is 1.47 bits per heavy atom. The van der Waals surface area contributed by atoms with Crippen LogP contribution in [0.5, 0.6) is 0 Å². The van der Waals surface area contributed by atoms with Gasteiger partial charge in [0.05, 0.1) is 18.9 Å². The number of methoxy groups -OCH3 is 1. The van der Waals surface area contributed by atoms with Crippen LogP contribution in [0.15, 0.2) is 0 Å². The lowest BCUT2D eigenvalue weighted by Gasteiger charge is -2.11. The second kappa shape index (κ2) is 5.22. The summed E-state index contributed by atoms with van der Waals surface area (Å²) in [7, 11) is 1.37. The van der Waals surface area contributed by atoms with Gasteiger partial charge in [-0.15, -0.1) is 0 Å². The molecular formula is C13H17N3O3. The molecule has 0 radical (unpaired) electrons. The number of esters is 1. The largest absolute Gasteiger partial charge is 0.464 e. The van der Waals surface area contributed by atoms with Crippen LogP contribution in [0.1, 0.15) is 40.4 Å². The van der Waals surface area contributed by atoms with E-state index < -0.39 is 5.97 Å². The van der Waals surface area contributed by atoms with Gasteiger partial charge < -0.3 is 14.8 Å². The number of hydrogen-bond donors (Lipinski definition) is 1. The molecule has 0 amide bonds. The molecule has 0 spiro atoms. The molecule has 6 heteroatoms. The minimum Gasteiger partial charge on any atom is -0.464 e. The highest BCUT2D eigenvalue weighted by molar-refractivity contribution is 5.89. The van der Waals surface area contributed by atoms with Crippen molar-refractivity contribution < 1.29 is 14.3 Å². The van der Waals surface area contributed by atoms with E-state index in [-0.39, 0.29) is 6.10 Å². The summed E-state index contributed by atoms with van der Waals surface area (Å²) in [5.74, 6) is 0.283. The number of carbonyl (C=O) groups is 1. The van der Waals surface area contributed by atoms with Gasteiger partial charge in [-0.05, 0) is 12.8 Å². The Morgan fingerprint density at radius 3 is 3.11 bits per heavy atom. The lowest BCUT2D eigenvalue weighted by atomic mass is 10.1. The second-order valence-electron chi connectivity index (χ2n) is 4.85. The first-order chi connectivity index (χ1) is 9.28. The zero-order chi connectivity index (χ0) is 13.2. The Bertz CT molecular complexity index is 498. The van der Waals surface area contributed by atoms with Gasteiger partial charge in [0.1, 0.15) is 5.82 Å². The van der Waals surface area contributed by atoms with Crippen LogP contribution in [0.3, 0.4) is 0 Å². The molecule has 3 heterocycles. The number of hydrogen-bond acceptors (Lipinski definition) is 6. The van der Waals surface area contributed by atoms with E-state index in [4.69, 9.17) is 9.47 Å². The van der Waals surface area contributed by atoms with Crippen molar-refractivity contribution in [2.24, 2.45) is 0 Å². The maximum absolute atomic E-state index is 11.8. The minimum absolute atomic E-state index is 0.179. The van der Waals surface area contributed by atoms with Gasteiger partial charge in [-0.25, -0.2) is 14.8 Å². The van der Waals surface area contributed by atoms with Crippen molar-refractivity contribution in [3.05, 3.63) is 22.8 Å². The van der Waals surface area contributed by atoms with Gasteiger partial charge in [-0.3, -0.25) is 0 Å². The summed E-state index contributed by atoms with van der Waals surface area (Å²) in [5.41, 5.74) is 2.16. The lowest BCUT2D eigenvalue weighted by Crippen LogP contribution is -2.17. The SMILES string of the molecule is COC(=O)c1nc(CC2CCCO2)nc2c1CNC2. The molecule has 1 aromatic rings. The van der Waals surface area contributed by atoms with Crippen LogP contribution in [0.25, 0.3) is 0 Å². The normalized spacial score (nSPS) is 21.4. The van der Waals surface area contributed by atoms with Gasteiger partial charge in [0.15, 0.2) is 5.69 Å². The van der Waals surface area contributed by atoms with E-state index in [0.717, 1.165) is 30.7 Å². The predicted molar refractivity (Wildman–Crippen MR) is 66.6 cm³/mol. The standard InChI is InChI=1S/C13H17N3O3/c1-18-13(17)12-9-6-14-7-10(9)15-11(16-12)5-8-3-2-4-19-8/h8,14H,2-7H2,1H3. The molecule has 2 aliphatic rings. The van der Waals surface area contributed by atoms with Crippen molar-refractivity contribution in [2.75, 3.05) is 13.7 Å². The number of aromatic nitrogens is 2. The van der Waals surface area contributed by atoms with Crippen LogP contribution < -0.4 is 5.32 Å². The summed E-state index contributed by atoms with van der Waals surface area (Å²) >= 11 is 0. The lowest BCUT2D eigenvalue weighted by molar-refractivity contribution is 0.0591. The monoisotopic (exact) mass is 263 g/mol. The first-order valence-electron chi connectivity index (χ1n) is 6.57. The van der Waals surface area contributed by atoms with Gasteiger partial charge >= 0.3 is 5.97 Å². The smallest absolute Gasteiger partial charge is 0.357 e. The third-order valence-corrected chi connectivity index (χ3v) is 3.55. The highest BCUT2D eigenvalue weighted by atomic mass is 16.5. The summed E-state index contributed by atoms with van der Waals surface area (Å²) in [6.45, 7) is 2.11. The third kappa shape index (κ3) is 2.46. The number of ether oxygens (including phenoxy) is 2. The van der Waals surface area contributed by atoms with Crippen LogP contribution in [0.2, 0.25) is 0 Å². The number of fused-ring (bicyclic) bond motifs is 1. The zero-order valence-electron chi connectivity index (χ0n) is 10.9. The van der Waals surface area contributed by atoms with Crippen molar-refractivity contribution in [3.8, 4) is 0 Å². The highest BCUT2D eigenvalue weighted by Crippen LogP contribution is 2.20. The molecule has 0 bridgehead atoms. The van der Waals surface area contributed by atoms with E-state index in [1.165, 1.54) is 7.11 Å². The molecule has 1 fully saturated rings. The molecule has 1 atom stereocenters. The maximum Gasteiger partial charge on any atom is 0.357 e. The fraction of sp³-hybridized carbons (Fsp3) is 0.615. The first kappa shape index (κ1) is 12.5. The zero-order valence-corrected chi connectivity index (χ0v) is 10.9. The summed E-state index contributed by atoms with van der Waals surface area (Å²) < 4.78 is 10.4. The molecule has 1 N–H and O–H groups in total. The Kier molecular flexibility index (Phi) is 3.44. The van der Waals surface area contributed by atoms with E-state index in [9.17, 15) is 4.79 Å². The number of nitrogens with one attached hydrogen (secondary N) is 1. The molecule has 102 valence electrons. The fourth-order valence-corrected chi connectivity index (χ4v) is 2.59. The third-order valence-electron chi connectivity index (χ3n) is 3.55. The van der Waals surface area contributed by atoms with E-state index in [1.54, 1.807) is 0 Å². The summed E-state index contributed by atoms with van der Waals surface area (Å²) in [6, 6.07) is 0. The molecule has 19 heavy (non-hydrogen) atoms. The summed E-state index contributed by atoms with van der Waals surface area (Å²) in [5, 5.41) is 3.19. The highest BCUT2D eigenvalue weighted by Gasteiger charge is 2.25. The van der Waals surface area contributed by atoms with E-state index in [1.807, 2.05) is 0 Å². The Labute approximate surface area is 111 Å². The number of nitrogens with zero attached hydrogens (tertiary/aromatic N) is 2. The molecular weight excluding hydrogens is 246 g/mol. The molecule has 0 aliphatic carbocycles. The molecule has 1 unspecified atom stereocenters. The molecule has 0 aromatic carbocycles. The Balaban J connectivity index is 1.90. The van der Waals surface area contributed by atoms with E-state index >= 15 is 0 Å². The summed E-state index contributed by atoms with van der Waals surface area (Å²) in [6.07, 6.45) is 2.96. The van der Waals surface area contributed by atoms with Gasteiger partial charge in [-0.1, -0.05) is 0 Å². The molecule has 1 saturated heterocycles. The van der Waals surface area contributed by atoms with Crippen molar-refractivity contribution in [3.63, 3.8) is 0 Å². The average molecular weight is 263 g/mol. The van der Waals surface area contributed by atoms with Crippen LogP contribution in [-0.2, 0) is 29.0 Å². The van der Waals surface area contributed by atoms with Gasteiger partial charge in [-0.2, -0.15) is 0 Å². The van der Waals surface area contributed by atoms with Crippen molar-refractivity contribution in [2.45, 2.75) is 38.5 Å². The van der Waals surface area contributed by atoms with Gasteiger partial charge in [0.2, 0.25) is 0 Å². The minimum atomic E-state index is -0.393. The van der Waals surface area contributed by atoms with Crippen molar-refractivity contribution in [1.29, 1.82) is 0 Å². The first-order valence-corrected chi connectivity index (χ1v) is 6.57. The Morgan fingerprint density at radius 2 is 2.37 bits per heavy atom. The number of rotatable bonds is 3. The quantitative estimate of drug-likeness (QED) is 0.805. The summed E-state index contributed by atoms with van der Waals surface area (Å²) in [4.78, 5) is 20.7. The topological polar surface area (TPSA) is 73.3 Å².